The zero-order valence-corrected chi connectivity index (χ0v) is 11.9. The molecule has 0 aliphatic heterocycles. The van der Waals surface area contributed by atoms with E-state index in [0.29, 0.717) is 12.5 Å². The predicted octanol–water partition coefficient (Wildman–Crippen LogP) is 3.04. The second kappa shape index (κ2) is 6.64. The molecule has 1 aliphatic rings. The molecule has 1 aliphatic carbocycles. The molecule has 0 atom stereocenters. The zero-order valence-electron chi connectivity index (χ0n) is 11.9. The molecule has 1 amide bonds. The van der Waals surface area contributed by atoms with E-state index in [9.17, 15) is 15.0 Å². The molecule has 1 aromatic rings. The van der Waals surface area contributed by atoms with Crippen LogP contribution in [0.25, 0.3) is 0 Å². The summed E-state index contributed by atoms with van der Waals surface area (Å²) in [5.41, 5.74) is 0.127. The number of rotatable bonds is 4. The molecule has 20 heavy (non-hydrogen) atoms. The van der Waals surface area contributed by atoms with Gasteiger partial charge in [-0.25, -0.2) is 0 Å². The van der Waals surface area contributed by atoms with Gasteiger partial charge in [0.05, 0.1) is 5.56 Å². The molecule has 0 radical (unpaired) electrons. The number of carbonyl (C=O) groups excluding carboxylic acids is 1. The Kier molecular flexibility index (Phi) is 4.88. The molecule has 0 heterocycles. The van der Waals surface area contributed by atoms with Crippen molar-refractivity contribution in [2.24, 2.45) is 11.8 Å². The molecule has 0 spiro atoms. The topological polar surface area (TPSA) is 69.6 Å². The van der Waals surface area contributed by atoms with Crippen LogP contribution in [0.3, 0.4) is 0 Å². The first-order valence-electron chi connectivity index (χ1n) is 7.36. The third-order valence-corrected chi connectivity index (χ3v) is 4.20. The number of amides is 1. The summed E-state index contributed by atoms with van der Waals surface area (Å²) in [4.78, 5) is 11.9. The molecular formula is C16H23NO3. The maximum absolute atomic E-state index is 11.9. The van der Waals surface area contributed by atoms with Crippen LogP contribution in [-0.4, -0.2) is 22.7 Å². The highest BCUT2D eigenvalue weighted by Crippen LogP contribution is 2.30. The molecule has 110 valence electrons. The highest BCUT2D eigenvalue weighted by Gasteiger charge is 2.18. The maximum atomic E-state index is 11.9. The third kappa shape index (κ3) is 3.89. The number of phenolic OH excluding ortho intramolecular Hbond substituents is 2. The SMILES string of the molecule is CC1CCC(CCNC(=O)c2cc(O)ccc2O)CC1. The zero-order chi connectivity index (χ0) is 14.5. The van der Waals surface area contributed by atoms with Crippen molar-refractivity contribution in [1.29, 1.82) is 0 Å². The minimum absolute atomic E-state index is 0.0192. The molecule has 0 bridgehead atoms. The van der Waals surface area contributed by atoms with Crippen LogP contribution in [0.1, 0.15) is 49.4 Å². The molecule has 0 saturated heterocycles. The van der Waals surface area contributed by atoms with E-state index in [1.54, 1.807) is 0 Å². The van der Waals surface area contributed by atoms with E-state index in [4.69, 9.17) is 0 Å². The number of benzene rings is 1. The van der Waals surface area contributed by atoms with Crippen LogP contribution in [0.15, 0.2) is 18.2 Å². The van der Waals surface area contributed by atoms with Crippen molar-refractivity contribution < 1.29 is 15.0 Å². The summed E-state index contributed by atoms with van der Waals surface area (Å²) in [6, 6.07) is 3.97. The monoisotopic (exact) mass is 277 g/mol. The van der Waals surface area contributed by atoms with Crippen molar-refractivity contribution >= 4 is 5.91 Å². The van der Waals surface area contributed by atoms with Crippen LogP contribution in [0.5, 0.6) is 11.5 Å². The fraction of sp³-hybridized carbons (Fsp3) is 0.562. The lowest BCUT2D eigenvalue weighted by molar-refractivity contribution is 0.0946. The molecule has 4 nitrogen and oxygen atoms in total. The van der Waals surface area contributed by atoms with Gasteiger partial charge in [-0.15, -0.1) is 0 Å². The number of aromatic hydroxyl groups is 2. The van der Waals surface area contributed by atoms with E-state index < -0.39 is 0 Å². The maximum Gasteiger partial charge on any atom is 0.255 e. The van der Waals surface area contributed by atoms with Crippen LogP contribution in [-0.2, 0) is 0 Å². The first-order valence-corrected chi connectivity index (χ1v) is 7.36. The Morgan fingerprint density at radius 2 is 1.95 bits per heavy atom. The molecule has 3 N–H and O–H groups in total. The predicted molar refractivity (Wildman–Crippen MR) is 77.8 cm³/mol. The first-order chi connectivity index (χ1) is 9.56. The average molecular weight is 277 g/mol. The summed E-state index contributed by atoms with van der Waals surface area (Å²) >= 11 is 0. The number of hydrogen-bond acceptors (Lipinski definition) is 3. The van der Waals surface area contributed by atoms with Gasteiger partial charge in [0.15, 0.2) is 0 Å². The van der Waals surface area contributed by atoms with Gasteiger partial charge in [0.2, 0.25) is 0 Å². The van der Waals surface area contributed by atoms with E-state index in [2.05, 4.69) is 12.2 Å². The second-order valence-electron chi connectivity index (χ2n) is 5.87. The van der Waals surface area contributed by atoms with E-state index in [1.165, 1.54) is 43.9 Å². The van der Waals surface area contributed by atoms with Crippen molar-refractivity contribution in [3.8, 4) is 11.5 Å². The van der Waals surface area contributed by atoms with Crippen LogP contribution in [0.4, 0.5) is 0 Å². The Bertz CT molecular complexity index is 465. The Labute approximate surface area is 119 Å². The quantitative estimate of drug-likeness (QED) is 0.741. The number of nitrogens with one attached hydrogen (secondary N) is 1. The van der Waals surface area contributed by atoms with Crippen molar-refractivity contribution in [3.63, 3.8) is 0 Å². The second-order valence-corrected chi connectivity index (χ2v) is 5.87. The molecule has 0 unspecified atom stereocenters. The van der Waals surface area contributed by atoms with Gasteiger partial charge < -0.3 is 15.5 Å². The number of hydrogen-bond donors (Lipinski definition) is 3. The van der Waals surface area contributed by atoms with Gasteiger partial charge in [0, 0.05) is 6.54 Å². The van der Waals surface area contributed by atoms with Gasteiger partial charge in [-0.3, -0.25) is 4.79 Å². The van der Waals surface area contributed by atoms with Gasteiger partial charge >= 0.3 is 0 Å². The van der Waals surface area contributed by atoms with Gasteiger partial charge in [0.25, 0.3) is 5.91 Å². The standard InChI is InChI=1S/C16H23NO3/c1-11-2-4-12(5-3-11)8-9-17-16(20)14-10-13(18)6-7-15(14)19/h6-7,10-12,18-19H,2-5,8-9H2,1H3,(H,17,20). The van der Waals surface area contributed by atoms with Crippen molar-refractivity contribution in [2.45, 2.75) is 39.0 Å². The van der Waals surface area contributed by atoms with Crippen molar-refractivity contribution in [1.82, 2.24) is 5.32 Å². The molecule has 1 saturated carbocycles. The first kappa shape index (κ1) is 14.7. The lowest BCUT2D eigenvalue weighted by atomic mass is 9.81. The third-order valence-electron chi connectivity index (χ3n) is 4.20. The van der Waals surface area contributed by atoms with Crippen LogP contribution >= 0.6 is 0 Å². The van der Waals surface area contributed by atoms with Crippen LogP contribution in [0, 0.1) is 11.8 Å². The van der Waals surface area contributed by atoms with Gasteiger partial charge in [0.1, 0.15) is 11.5 Å². The molecule has 1 fully saturated rings. The van der Waals surface area contributed by atoms with Crippen molar-refractivity contribution in [2.75, 3.05) is 6.54 Å². The highest BCUT2D eigenvalue weighted by molar-refractivity contribution is 5.97. The average Bonchev–Trinajstić information content (AvgIpc) is 2.43. The molecule has 4 heteroatoms. The molecular weight excluding hydrogens is 254 g/mol. The largest absolute Gasteiger partial charge is 0.508 e. The number of phenols is 2. The van der Waals surface area contributed by atoms with Crippen molar-refractivity contribution in [3.05, 3.63) is 23.8 Å². The van der Waals surface area contributed by atoms with E-state index >= 15 is 0 Å². The fourth-order valence-corrected chi connectivity index (χ4v) is 2.81. The van der Waals surface area contributed by atoms with Gasteiger partial charge in [-0.1, -0.05) is 32.6 Å². The Balaban J connectivity index is 1.79. The highest BCUT2D eigenvalue weighted by atomic mass is 16.3. The molecule has 2 rings (SSSR count). The normalized spacial score (nSPS) is 22.4. The summed E-state index contributed by atoms with van der Waals surface area (Å²) in [6.45, 7) is 2.91. The minimum Gasteiger partial charge on any atom is -0.508 e. The summed E-state index contributed by atoms with van der Waals surface area (Å²) in [5, 5.41) is 21.8. The summed E-state index contributed by atoms with van der Waals surface area (Å²) in [5.74, 6) is 1.08. The van der Waals surface area contributed by atoms with Crippen LogP contribution in [0.2, 0.25) is 0 Å². The number of carbonyl (C=O) groups is 1. The Morgan fingerprint density at radius 3 is 2.65 bits per heavy atom. The van der Waals surface area contributed by atoms with E-state index in [0.717, 1.165) is 12.3 Å². The van der Waals surface area contributed by atoms with E-state index in [-0.39, 0.29) is 23.0 Å². The van der Waals surface area contributed by atoms with E-state index in [1.807, 2.05) is 0 Å². The van der Waals surface area contributed by atoms with Gasteiger partial charge in [-0.2, -0.15) is 0 Å². The Morgan fingerprint density at radius 1 is 1.25 bits per heavy atom. The lowest BCUT2D eigenvalue weighted by Gasteiger charge is -2.26. The summed E-state index contributed by atoms with van der Waals surface area (Å²) in [6.07, 6.45) is 6.04. The van der Waals surface area contributed by atoms with Crippen LogP contribution < -0.4 is 5.32 Å². The minimum atomic E-state index is -0.331. The smallest absolute Gasteiger partial charge is 0.255 e. The fourth-order valence-electron chi connectivity index (χ4n) is 2.81. The lowest BCUT2D eigenvalue weighted by Crippen LogP contribution is -2.27. The van der Waals surface area contributed by atoms with Gasteiger partial charge in [-0.05, 0) is 36.5 Å². The summed E-state index contributed by atoms with van der Waals surface area (Å²) < 4.78 is 0. The molecule has 0 aromatic heterocycles. The Hall–Kier alpha value is -1.71. The molecule has 1 aromatic carbocycles. The summed E-state index contributed by atoms with van der Waals surface area (Å²) in [7, 11) is 0.